The summed E-state index contributed by atoms with van der Waals surface area (Å²) in [5.74, 6) is 1.66. The molecule has 0 amide bonds. The number of nitrogens with zero attached hydrogens (tertiary/aromatic N) is 1. The molecular weight excluding hydrogens is 330 g/mol. The summed E-state index contributed by atoms with van der Waals surface area (Å²) < 4.78 is 11.0. The number of rotatable bonds is 11. The van der Waals surface area contributed by atoms with E-state index in [4.69, 9.17) is 14.5 Å². The minimum atomic E-state index is 0.0513. The van der Waals surface area contributed by atoms with Gasteiger partial charge in [0.25, 0.3) is 0 Å². The number of hydrogen-bond donors (Lipinski definition) is 3. The number of hydrogen-bond acceptors (Lipinski definition) is 4. The molecule has 0 unspecified atom stereocenters. The van der Waals surface area contributed by atoms with Gasteiger partial charge in [0.15, 0.2) is 5.96 Å². The van der Waals surface area contributed by atoms with Crippen LogP contribution in [0.15, 0.2) is 23.2 Å². The van der Waals surface area contributed by atoms with Gasteiger partial charge in [0.1, 0.15) is 5.75 Å². The Kier molecular flexibility index (Phi) is 8.19. The van der Waals surface area contributed by atoms with Gasteiger partial charge in [0.05, 0.1) is 19.8 Å². The van der Waals surface area contributed by atoms with Gasteiger partial charge in [-0.2, -0.15) is 0 Å². The summed E-state index contributed by atoms with van der Waals surface area (Å²) in [6.07, 6.45) is 3.02. The van der Waals surface area contributed by atoms with E-state index in [1.165, 1.54) is 5.56 Å². The Morgan fingerprint density at radius 3 is 2.73 bits per heavy atom. The van der Waals surface area contributed by atoms with Crippen LogP contribution >= 0.6 is 0 Å². The highest BCUT2D eigenvalue weighted by atomic mass is 16.5. The number of aryl methyl sites for hydroxylation is 1. The van der Waals surface area contributed by atoms with Crippen molar-refractivity contribution < 1.29 is 14.6 Å². The van der Waals surface area contributed by atoms with Crippen molar-refractivity contribution in [1.29, 1.82) is 0 Å². The molecule has 1 fully saturated rings. The van der Waals surface area contributed by atoms with Crippen LogP contribution in [0.4, 0.5) is 0 Å². The molecular formula is C20H33N3O3. The minimum absolute atomic E-state index is 0.0513. The zero-order valence-corrected chi connectivity index (χ0v) is 16.3. The molecule has 0 aromatic heterocycles. The lowest BCUT2D eigenvalue weighted by molar-refractivity contribution is 0.172. The van der Waals surface area contributed by atoms with Crippen molar-refractivity contribution in [3.63, 3.8) is 0 Å². The average Bonchev–Trinajstić information content (AvgIpc) is 3.43. The maximum absolute atomic E-state index is 9.46. The van der Waals surface area contributed by atoms with Crippen LogP contribution < -0.4 is 15.4 Å². The molecule has 0 atom stereocenters. The summed E-state index contributed by atoms with van der Waals surface area (Å²) in [7, 11) is 1.70. The molecule has 0 bridgehead atoms. The number of nitrogens with one attached hydrogen (secondary N) is 2. The Balaban J connectivity index is 1.97. The summed E-state index contributed by atoms with van der Waals surface area (Å²) >= 11 is 0. The second-order valence-corrected chi connectivity index (χ2v) is 7.01. The van der Waals surface area contributed by atoms with Gasteiger partial charge in [-0.3, -0.25) is 0 Å². The van der Waals surface area contributed by atoms with Crippen LogP contribution in [0.3, 0.4) is 0 Å². The molecule has 3 N–H and O–H groups in total. The van der Waals surface area contributed by atoms with Crippen LogP contribution in [0.5, 0.6) is 5.75 Å². The predicted octanol–water partition coefficient (Wildman–Crippen LogP) is 2.24. The van der Waals surface area contributed by atoms with Crippen molar-refractivity contribution in [3.8, 4) is 5.75 Å². The third-order valence-corrected chi connectivity index (χ3v) is 4.65. The van der Waals surface area contributed by atoms with Gasteiger partial charge in [-0.1, -0.05) is 12.1 Å². The molecule has 1 aliphatic carbocycles. The van der Waals surface area contributed by atoms with E-state index < -0.39 is 0 Å². The lowest BCUT2D eigenvalue weighted by Gasteiger charge is -2.17. The summed E-state index contributed by atoms with van der Waals surface area (Å²) in [6.45, 7) is 7.76. The van der Waals surface area contributed by atoms with Gasteiger partial charge in [-0.15, -0.1) is 0 Å². The molecule has 26 heavy (non-hydrogen) atoms. The Morgan fingerprint density at radius 1 is 1.27 bits per heavy atom. The van der Waals surface area contributed by atoms with E-state index >= 15 is 0 Å². The van der Waals surface area contributed by atoms with Crippen LogP contribution in [-0.4, -0.2) is 51.1 Å². The number of aliphatic hydroxyl groups is 1. The molecule has 146 valence electrons. The van der Waals surface area contributed by atoms with E-state index in [-0.39, 0.29) is 12.0 Å². The number of benzene rings is 1. The van der Waals surface area contributed by atoms with E-state index in [1.54, 1.807) is 7.11 Å². The highest BCUT2D eigenvalue weighted by molar-refractivity contribution is 5.79. The molecule has 1 aromatic carbocycles. The average molecular weight is 364 g/mol. The Bertz CT molecular complexity index is 586. The molecule has 1 saturated carbocycles. The molecule has 0 saturated heterocycles. The van der Waals surface area contributed by atoms with Gasteiger partial charge < -0.3 is 25.2 Å². The van der Waals surface area contributed by atoms with Crippen LogP contribution in [-0.2, 0) is 11.3 Å². The number of aliphatic hydroxyl groups excluding tert-OH is 1. The smallest absolute Gasteiger partial charge is 0.191 e. The van der Waals surface area contributed by atoms with Gasteiger partial charge >= 0.3 is 0 Å². The second-order valence-electron chi connectivity index (χ2n) is 7.01. The second kappa shape index (κ2) is 10.4. The van der Waals surface area contributed by atoms with E-state index in [0.717, 1.165) is 49.6 Å². The fourth-order valence-corrected chi connectivity index (χ4v) is 2.66. The van der Waals surface area contributed by atoms with Crippen molar-refractivity contribution in [1.82, 2.24) is 10.6 Å². The maximum Gasteiger partial charge on any atom is 0.191 e. The third-order valence-electron chi connectivity index (χ3n) is 4.65. The maximum atomic E-state index is 9.46. The zero-order chi connectivity index (χ0) is 18.8. The van der Waals surface area contributed by atoms with Crippen molar-refractivity contribution >= 4 is 5.96 Å². The molecule has 0 aliphatic heterocycles. The first kappa shape index (κ1) is 20.5. The number of guanidine groups is 1. The van der Waals surface area contributed by atoms with Crippen molar-refractivity contribution in [2.45, 2.75) is 39.7 Å². The third kappa shape index (κ3) is 6.50. The fourth-order valence-electron chi connectivity index (χ4n) is 2.66. The quantitative estimate of drug-likeness (QED) is 0.319. The summed E-state index contributed by atoms with van der Waals surface area (Å²) in [5.41, 5.74) is 2.28. The van der Waals surface area contributed by atoms with E-state index in [2.05, 4.69) is 35.8 Å². The van der Waals surface area contributed by atoms with Gasteiger partial charge in [0.2, 0.25) is 0 Å². The first-order valence-corrected chi connectivity index (χ1v) is 9.47. The van der Waals surface area contributed by atoms with E-state index in [9.17, 15) is 5.11 Å². The molecule has 2 rings (SSSR count). The normalized spacial score (nSPS) is 15.6. The van der Waals surface area contributed by atoms with Crippen molar-refractivity contribution in [2.75, 3.05) is 40.0 Å². The number of ether oxygens (including phenoxy) is 2. The largest absolute Gasteiger partial charge is 0.493 e. The standard InChI is InChI=1S/C20H33N3O3/c1-4-21-19(23-14-20(15-24)8-9-20)22-13-17-7-6-16(2)12-18(17)26-11-5-10-25-3/h6-7,12,24H,4-5,8-11,13-15H2,1-3H3,(H2,21,22,23). The summed E-state index contributed by atoms with van der Waals surface area (Å²) in [6, 6.07) is 6.21. The van der Waals surface area contributed by atoms with E-state index in [0.29, 0.717) is 19.8 Å². The van der Waals surface area contributed by atoms with Crippen LogP contribution in [0.1, 0.15) is 37.3 Å². The molecule has 0 spiro atoms. The molecule has 0 heterocycles. The highest BCUT2D eigenvalue weighted by Crippen LogP contribution is 2.44. The van der Waals surface area contributed by atoms with Crippen molar-refractivity contribution in [3.05, 3.63) is 29.3 Å². The highest BCUT2D eigenvalue weighted by Gasteiger charge is 2.41. The topological polar surface area (TPSA) is 75.1 Å². The van der Waals surface area contributed by atoms with Crippen LogP contribution in [0.2, 0.25) is 0 Å². The molecule has 1 aromatic rings. The number of aliphatic imine (C=N–C) groups is 1. The molecule has 1 aliphatic rings. The lowest BCUT2D eigenvalue weighted by Crippen LogP contribution is -2.41. The van der Waals surface area contributed by atoms with Crippen LogP contribution in [0, 0.1) is 12.3 Å². The minimum Gasteiger partial charge on any atom is -0.493 e. The molecule has 0 radical (unpaired) electrons. The monoisotopic (exact) mass is 363 g/mol. The van der Waals surface area contributed by atoms with Gasteiger partial charge in [-0.25, -0.2) is 4.99 Å². The fraction of sp³-hybridized carbons (Fsp3) is 0.650. The Morgan fingerprint density at radius 2 is 2.08 bits per heavy atom. The van der Waals surface area contributed by atoms with Crippen molar-refractivity contribution in [2.24, 2.45) is 10.4 Å². The SMILES string of the molecule is CCNC(=NCc1ccc(C)cc1OCCCOC)NCC1(CO)CC1. The first-order chi connectivity index (χ1) is 12.6. The van der Waals surface area contributed by atoms with E-state index in [1.807, 2.05) is 6.92 Å². The van der Waals surface area contributed by atoms with Gasteiger partial charge in [0, 0.05) is 44.2 Å². The Hall–Kier alpha value is -1.79. The van der Waals surface area contributed by atoms with Crippen LogP contribution in [0.25, 0.3) is 0 Å². The molecule has 6 heteroatoms. The summed E-state index contributed by atoms with van der Waals surface area (Å²) in [5, 5.41) is 16.1. The predicted molar refractivity (Wildman–Crippen MR) is 105 cm³/mol. The summed E-state index contributed by atoms with van der Waals surface area (Å²) in [4.78, 5) is 4.69. The first-order valence-electron chi connectivity index (χ1n) is 9.47. The molecule has 6 nitrogen and oxygen atoms in total. The zero-order valence-electron chi connectivity index (χ0n) is 16.3. The Labute approximate surface area is 157 Å². The lowest BCUT2D eigenvalue weighted by atomic mass is 10.1. The number of methoxy groups -OCH3 is 1. The van der Waals surface area contributed by atoms with Gasteiger partial charge in [-0.05, 0) is 38.3 Å².